The van der Waals surface area contributed by atoms with Crippen LogP contribution in [0, 0.1) is 5.82 Å². The Bertz CT molecular complexity index is 474. The van der Waals surface area contributed by atoms with Crippen molar-refractivity contribution in [1.82, 2.24) is 10.1 Å². The van der Waals surface area contributed by atoms with Crippen LogP contribution in [0.15, 0.2) is 29.1 Å². The largest absolute Gasteiger partial charge is 0.485 e. The molecule has 0 atom stereocenters. The monoisotopic (exact) mass is 237 g/mol. The summed E-state index contributed by atoms with van der Waals surface area (Å²) in [7, 11) is 0. The molecule has 0 fully saturated rings. The van der Waals surface area contributed by atoms with Crippen LogP contribution in [-0.4, -0.2) is 16.7 Å². The van der Waals surface area contributed by atoms with E-state index in [1.807, 2.05) is 0 Å². The van der Waals surface area contributed by atoms with Crippen LogP contribution in [0.3, 0.4) is 0 Å². The van der Waals surface area contributed by atoms with E-state index in [1.165, 1.54) is 18.5 Å². The molecular formula is C11H12FN3O2. The van der Waals surface area contributed by atoms with E-state index in [4.69, 9.17) is 10.5 Å². The molecule has 0 saturated heterocycles. The Hall–Kier alpha value is -1.95. The Morgan fingerprint density at radius 3 is 2.94 bits per heavy atom. The molecule has 17 heavy (non-hydrogen) atoms. The fourth-order valence-corrected chi connectivity index (χ4v) is 1.42. The van der Waals surface area contributed by atoms with Gasteiger partial charge in [0.25, 0.3) is 0 Å². The maximum absolute atomic E-state index is 13.2. The molecule has 0 aliphatic heterocycles. The molecule has 2 rings (SSSR count). The van der Waals surface area contributed by atoms with Crippen molar-refractivity contribution in [3.05, 3.63) is 41.8 Å². The third-order valence-electron chi connectivity index (χ3n) is 2.14. The van der Waals surface area contributed by atoms with Crippen LogP contribution in [-0.2, 0) is 13.0 Å². The van der Waals surface area contributed by atoms with Crippen LogP contribution in [0.4, 0.5) is 4.39 Å². The third kappa shape index (κ3) is 3.25. The predicted molar refractivity (Wildman–Crippen MR) is 57.8 cm³/mol. The number of nitrogens with zero attached hydrogens (tertiary/aromatic N) is 2. The lowest BCUT2D eigenvalue weighted by Crippen LogP contribution is -2.04. The average molecular weight is 237 g/mol. The van der Waals surface area contributed by atoms with Gasteiger partial charge in [0.15, 0.2) is 6.61 Å². The molecule has 1 aromatic heterocycles. The van der Waals surface area contributed by atoms with E-state index in [2.05, 4.69) is 14.7 Å². The van der Waals surface area contributed by atoms with E-state index in [9.17, 15) is 4.39 Å². The number of hydrogen-bond acceptors (Lipinski definition) is 5. The highest BCUT2D eigenvalue weighted by Gasteiger charge is 2.04. The first-order valence-corrected chi connectivity index (χ1v) is 5.15. The van der Waals surface area contributed by atoms with E-state index in [0.717, 1.165) is 5.56 Å². The van der Waals surface area contributed by atoms with Gasteiger partial charge in [-0.25, -0.2) is 4.39 Å². The number of nitrogens with two attached hydrogens (primary N) is 1. The first-order valence-electron chi connectivity index (χ1n) is 5.15. The maximum Gasteiger partial charge on any atom is 0.213 e. The molecule has 0 spiro atoms. The summed E-state index contributed by atoms with van der Waals surface area (Å²) in [5.41, 5.74) is 6.22. The van der Waals surface area contributed by atoms with Crippen LogP contribution < -0.4 is 10.5 Å². The number of rotatable bonds is 5. The number of benzene rings is 1. The Morgan fingerprint density at radius 1 is 1.35 bits per heavy atom. The highest BCUT2D eigenvalue weighted by Crippen LogP contribution is 2.17. The van der Waals surface area contributed by atoms with Crippen LogP contribution in [0.2, 0.25) is 0 Å². The SMILES string of the molecule is NCCc1cc(F)cc(OCc2ncon2)c1. The fraction of sp³-hybridized carbons (Fsp3) is 0.273. The van der Waals surface area contributed by atoms with Gasteiger partial charge in [-0.15, -0.1) is 0 Å². The van der Waals surface area contributed by atoms with Gasteiger partial charge in [0.1, 0.15) is 11.6 Å². The second kappa shape index (κ2) is 5.40. The number of ether oxygens (including phenoxy) is 1. The van der Waals surface area contributed by atoms with Crippen molar-refractivity contribution in [2.45, 2.75) is 13.0 Å². The summed E-state index contributed by atoms with van der Waals surface area (Å²) >= 11 is 0. The van der Waals surface area contributed by atoms with Crippen LogP contribution >= 0.6 is 0 Å². The zero-order valence-electron chi connectivity index (χ0n) is 9.10. The van der Waals surface area contributed by atoms with Gasteiger partial charge in [-0.05, 0) is 30.7 Å². The Labute approximate surface area is 97.4 Å². The molecule has 0 bridgehead atoms. The molecule has 1 aromatic carbocycles. The molecule has 2 aromatic rings. The topological polar surface area (TPSA) is 74.2 Å². The van der Waals surface area contributed by atoms with Crippen molar-refractivity contribution >= 4 is 0 Å². The smallest absolute Gasteiger partial charge is 0.213 e. The average Bonchev–Trinajstić information content (AvgIpc) is 2.79. The molecule has 0 amide bonds. The van der Waals surface area contributed by atoms with Gasteiger partial charge in [0, 0.05) is 6.07 Å². The van der Waals surface area contributed by atoms with Gasteiger partial charge in [-0.1, -0.05) is 5.16 Å². The Morgan fingerprint density at radius 2 is 2.24 bits per heavy atom. The van der Waals surface area contributed by atoms with Crippen molar-refractivity contribution in [3.63, 3.8) is 0 Å². The van der Waals surface area contributed by atoms with Crippen molar-refractivity contribution in [2.75, 3.05) is 6.54 Å². The predicted octanol–water partition coefficient (Wildman–Crippen LogP) is 1.29. The highest BCUT2D eigenvalue weighted by molar-refractivity contribution is 5.29. The lowest BCUT2D eigenvalue weighted by molar-refractivity contribution is 0.285. The van der Waals surface area contributed by atoms with E-state index < -0.39 is 0 Å². The molecule has 0 radical (unpaired) electrons. The minimum absolute atomic E-state index is 0.141. The van der Waals surface area contributed by atoms with Gasteiger partial charge < -0.3 is 15.0 Å². The zero-order chi connectivity index (χ0) is 12.1. The standard InChI is InChI=1S/C11H12FN3O2/c12-9-3-8(1-2-13)4-10(5-9)16-6-11-14-7-17-15-11/h3-5,7H,1-2,6,13H2. The molecular weight excluding hydrogens is 225 g/mol. The first-order chi connectivity index (χ1) is 8.28. The summed E-state index contributed by atoms with van der Waals surface area (Å²) in [6, 6.07) is 4.49. The van der Waals surface area contributed by atoms with Gasteiger partial charge in [0.05, 0.1) is 0 Å². The van der Waals surface area contributed by atoms with Crippen molar-refractivity contribution in [1.29, 1.82) is 0 Å². The number of halogens is 1. The Kier molecular flexibility index (Phi) is 3.66. The molecule has 2 N–H and O–H groups in total. The molecule has 0 unspecified atom stereocenters. The summed E-state index contributed by atoms with van der Waals surface area (Å²) < 4.78 is 23.2. The zero-order valence-corrected chi connectivity index (χ0v) is 9.10. The summed E-state index contributed by atoms with van der Waals surface area (Å²) in [5.74, 6) is 0.493. The summed E-state index contributed by atoms with van der Waals surface area (Å²) in [6.45, 7) is 0.607. The highest BCUT2D eigenvalue weighted by atomic mass is 19.1. The molecule has 90 valence electrons. The molecule has 1 heterocycles. The molecule has 5 nitrogen and oxygen atoms in total. The summed E-state index contributed by atoms with van der Waals surface area (Å²) in [5, 5.41) is 3.59. The van der Waals surface area contributed by atoms with Gasteiger partial charge in [-0.2, -0.15) is 4.98 Å². The first kappa shape index (κ1) is 11.5. The quantitative estimate of drug-likeness (QED) is 0.848. The summed E-state index contributed by atoms with van der Waals surface area (Å²) in [4.78, 5) is 3.80. The van der Waals surface area contributed by atoms with Crippen LogP contribution in [0.25, 0.3) is 0 Å². The minimum atomic E-state index is -0.348. The van der Waals surface area contributed by atoms with Crippen LogP contribution in [0.1, 0.15) is 11.4 Å². The fourth-order valence-electron chi connectivity index (χ4n) is 1.42. The van der Waals surface area contributed by atoms with E-state index in [0.29, 0.717) is 24.5 Å². The molecule has 6 heteroatoms. The van der Waals surface area contributed by atoms with E-state index >= 15 is 0 Å². The van der Waals surface area contributed by atoms with Crippen LogP contribution in [0.5, 0.6) is 5.75 Å². The van der Waals surface area contributed by atoms with Gasteiger partial charge in [0.2, 0.25) is 12.2 Å². The van der Waals surface area contributed by atoms with Gasteiger partial charge in [-0.3, -0.25) is 0 Å². The van der Waals surface area contributed by atoms with Crippen molar-refractivity contribution < 1.29 is 13.7 Å². The maximum atomic E-state index is 13.2. The van der Waals surface area contributed by atoms with E-state index in [1.54, 1.807) is 6.07 Å². The van der Waals surface area contributed by atoms with E-state index in [-0.39, 0.29) is 12.4 Å². The molecule has 0 saturated carbocycles. The number of aromatic nitrogens is 2. The normalized spacial score (nSPS) is 10.5. The Balaban J connectivity index is 2.04. The minimum Gasteiger partial charge on any atom is -0.485 e. The van der Waals surface area contributed by atoms with Crippen molar-refractivity contribution in [3.8, 4) is 5.75 Å². The molecule has 0 aliphatic rings. The second-order valence-corrected chi connectivity index (χ2v) is 3.47. The molecule has 0 aliphatic carbocycles. The lowest BCUT2D eigenvalue weighted by atomic mass is 10.1. The van der Waals surface area contributed by atoms with Crippen molar-refractivity contribution in [2.24, 2.45) is 5.73 Å². The summed E-state index contributed by atoms with van der Waals surface area (Å²) in [6.07, 6.45) is 1.82. The second-order valence-electron chi connectivity index (χ2n) is 3.47. The third-order valence-corrected chi connectivity index (χ3v) is 2.14. The number of hydrogen-bond donors (Lipinski definition) is 1. The lowest BCUT2D eigenvalue weighted by Gasteiger charge is -2.06. The van der Waals surface area contributed by atoms with Gasteiger partial charge >= 0.3 is 0 Å².